The molecule has 2 unspecified atom stereocenters. The van der Waals surface area contributed by atoms with E-state index < -0.39 is 0 Å². The standard InChI is InChI=1S/C7H15NO/c1-4-8(3)5-7-6(2)9-7/h6-7H,4-5H2,1-3H3. The van der Waals surface area contributed by atoms with E-state index in [4.69, 9.17) is 4.74 Å². The van der Waals surface area contributed by atoms with Crippen molar-refractivity contribution in [1.82, 2.24) is 4.90 Å². The summed E-state index contributed by atoms with van der Waals surface area (Å²) in [7, 11) is 2.12. The molecule has 0 radical (unpaired) electrons. The zero-order valence-corrected chi connectivity index (χ0v) is 6.42. The van der Waals surface area contributed by atoms with Gasteiger partial charge in [-0.25, -0.2) is 0 Å². The molecule has 2 heteroatoms. The van der Waals surface area contributed by atoms with E-state index in [1.165, 1.54) is 0 Å². The van der Waals surface area contributed by atoms with Crippen LogP contribution < -0.4 is 0 Å². The number of rotatable bonds is 3. The van der Waals surface area contributed by atoms with E-state index in [0.717, 1.165) is 13.1 Å². The molecule has 2 atom stereocenters. The summed E-state index contributed by atoms with van der Waals surface area (Å²) in [6.07, 6.45) is 1.04. The smallest absolute Gasteiger partial charge is 0.0965 e. The van der Waals surface area contributed by atoms with Crippen LogP contribution in [0.2, 0.25) is 0 Å². The molecule has 2 nitrogen and oxygen atoms in total. The Balaban J connectivity index is 2.05. The van der Waals surface area contributed by atoms with Gasteiger partial charge in [-0.15, -0.1) is 0 Å². The highest BCUT2D eigenvalue weighted by molar-refractivity contribution is 4.82. The van der Waals surface area contributed by atoms with Gasteiger partial charge in [0.15, 0.2) is 0 Å². The van der Waals surface area contributed by atoms with Gasteiger partial charge in [0.1, 0.15) is 0 Å². The Bertz CT molecular complexity index is 92.9. The molecule has 9 heavy (non-hydrogen) atoms. The molecule has 1 aliphatic heterocycles. The topological polar surface area (TPSA) is 15.8 Å². The molecule has 0 aromatic heterocycles. The van der Waals surface area contributed by atoms with E-state index in [0.29, 0.717) is 12.2 Å². The van der Waals surface area contributed by atoms with Crippen molar-refractivity contribution < 1.29 is 4.74 Å². The fourth-order valence-corrected chi connectivity index (χ4v) is 0.858. The third-order valence-corrected chi connectivity index (χ3v) is 1.87. The van der Waals surface area contributed by atoms with Crippen LogP contribution in [-0.4, -0.2) is 37.2 Å². The van der Waals surface area contributed by atoms with Crippen molar-refractivity contribution in [3.05, 3.63) is 0 Å². The molecule has 1 saturated heterocycles. The highest BCUT2D eigenvalue weighted by atomic mass is 16.6. The largest absolute Gasteiger partial charge is 0.368 e. The second-order valence-corrected chi connectivity index (χ2v) is 2.73. The number of hydrogen-bond donors (Lipinski definition) is 0. The van der Waals surface area contributed by atoms with Crippen molar-refractivity contribution in [2.24, 2.45) is 0 Å². The third-order valence-electron chi connectivity index (χ3n) is 1.87. The van der Waals surface area contributed by atoms with Gasteiger partial charge in [0, 0.05) is 6.54 Å². The lowest BCUT2D eigenvalue weighted by Gasteiger charge is -2.10. The van der Waals surface area contributed by atoms with Crippen LogP contribution in [0.4, 0.5) is 0 Å². The maximum Gasteiger partial charge on any atom is 0.0965 e. The monoisotopic (exact) mass is 129 g/mol. The van der Waals surface area contributed by atoms with Gasteiger partial charge in [-0.05, 0) is 20.5 Å². The van der Waals surface area contributed by atoms with Gasteiger partial charge < -0.3 is 9.64 Å². The van der Waals surface area contributed by atoms with Crippen LogP contribution in [0.3, 0.4) is 0 Å². The summed E-state index contributed by atoms with van der Waals surface area (Å²) in [5, 5.41) is 0. The molecular weight excluding hydrogens is 114 g/mol. The van der Waals surface area contributed by atoms with Crippen LogP contribution in [0.1, 0.15) is 13.8 Å². The lowest BCUT2D eigenvalue weighted by molar-refractivity contribution is 0.291. The molecule has 1 aliphatic rings. The quantitative estimate of drug-likeness (QED) is 0.522. The Hall–Kier alpha value is -0.0800. The Morgan fingerprint density at radius 3 is 2.44 bits per heavy atom. The van der Waals surface area contributed by atoms with Crippen LogP contribution in [0.5, 0.6) is 0 Å². The van der Waals surface area contributed by atoms with Gasteiger partial charge in [0.25, 0.3) is 0 Å². The first kappa shape index (κ1) is 7.03. The summed E-state index contributed by atoms with van der Waals surface area (Å²) in [5.74, 6) is 0. The number of epoxide rings is 1. The first-order valence-corrected chi connectivity index (χ1v) is 3.58. The molecule has 0 amide bonds. The summed E-state index contributed by atoms with van der Waals surface area (Å²) in [5.41, 5.74) is 0. The Morgan fingerprint density at radius 2 is 2.11 bits per heavy atom. The van der Waals surface area contributed by atoms with Crippen LogP contribution in [0, 0.1) is 0 Å². The Morgan fingerprint density at radius 1 is 1.56 bits per heavy atom. The summed E-state index contributed by atoms with van der Waals surface area (Å²) < 4.78 is 5.25. The molecule has 1 rings (SSSR count). The minimum absolute atomic E-state index is 0.513. The van der Waals surface area contributed by atoms with E-state index in [1.807, 2.05) is 0 Å². The molecule has 0 saturated carbocycles. The lowest BCUT2D eigenvalue weighted by atomic mass is 10.3. The average molecular weight is 129 g/mol. The minimum atomic E-state index is 0.513. The summed E-state index contributed by atoms with van der Waals surface area (Å²) in [6.45, 7) is 6.49. The second kappa shape index (κ2) is 2.67. The molecule has 0 aromatic carbocycles. The van der Waals surface area contributed by atoms with E-state index in [1.54, 1.807) is 0 Å². The molecule has 54 valence electrons. The second-order valence-electron chi connectivity index (χ2n) is 2.73. The normalized spacial score (nSPS) is 33.3. The van der Waals surface area contributed by atoms with Crippen LogP contribution in [0.15, 0.2) is 0 Å². The van der Waals surface area contributed by atoms with Gasteiger partial charge in [0.05, 0.1) is 12.2 Å². The molecule has 0 spiro atoms. The zero-order chi connectivity index (χ0) is 6.85. The zero-order valence-electron chi connectivity index (χ0n) is 6.42. The third kappa shape index (κ3) is 1.95. The number of hydrogen-bond acceptors (Lipinski definition) is 2. The molecule has 0 bridgehead atoms. The maximum absolute atomic E-state index is 5.25. The van der Waals surface area contributed by atoms with Crippen LogP contribution >= 0.6 is 0 Å². The molecule has 0 aromatic rings. The molecule has 0 aliphatic carbocycles. The predicted molar refractivity (Wildman–Crippen MR) is 37.5 cm³/mol. The number of likely N-dealkylation sites (N-methyl/N-ethyl adjacent to an activating group) is 1. The number of ether oxygens (including phenoxy) is 1. The van der Waals surface area contributed by atoms with Crippen LogP contribution in [-0.2, 0) is 4.74 Å². The first-order chi connectivity index (χ1) is 4.24. The van der Waals surface area contributed by atoms with Gasteiger partial charge in [0.2, 0.25) is 0 Å². The Kier molecular flexibility index (Phi) is 2.09. The van der Waals surface area contributed by atoms with Crippen molar-refractivity contribution in [1.29, 1.82) is 0 Å². The maximum atomic E-state index is 5.25. The summed E-state index contributed by atoms with van der Waals surface area (Å²) in [4.78, 5) is 2.27. The highest BCUT2D eigenvalue weighted by Gasteiger charge is 2.34. The molecule has 1 fully saturated rings. The van der Waals surface area contributed by atoms with E-state index >= 15 is 0 Å². The van der Waals surface area contributed by atoms with Crippen molar-refractivity contribution in [3.8, 4) is 0 Å². The van der Waals surface area contributed by atoms with E-state index in [-0.39, 0.29) is 0 Å². The SMILES string of the molecule is CCN(C)CC1OC1C. The molecule has 1 heterocycles. The fourth-order valence-electron chi connectivity index (χ4n) is 0.858. The summed E-state index contributed by atoms with van der Waals surface area (Å²) >= 11 is 0. The van der Waals surface area contributed by atoms with Crippen molar-refractivity contribution in [2.75, 3.05) is 20.1 Å². The molecular formula is C7H15NO. The van der Waals surface area contributed by atoms with E-state index in [9.17, 15) is 0 Å². The van der Waals surface area contributed by atoms with Gasteiger partial charge >= 0.3 is 0 Å². The average Bonchev–Trinajstić information content (AvgIpc) is 2.47. The fraction of sp³-hybridized carbons (Fsp3) is 1.00. The van der Waals surface area contributed by atoms with Crippen molar-refractivity contribution in [3.63, 3.8) is 0 Å². The predicted octanol–water partition coefficient (Wildman–Crippen LogP) is 0.725. The minimum Gasteiger partial charge on any atom is -0.368 e. The van der Waals surface area contributed by atoms with Gasteiger partial charge in [-0.3, -0.25) is 0 Å². The van der Waals surface area contributed by atoms with Gasteiger partial charge in [-0.2, -0.15) is 0 Å². The van der Waals surface area contributed by atoms with Gasteiger partial charge in [-0.1, -0.05) is 6.92 Å². The molecule has 0 N–H and O–H groups in total. The van der Waals surface area contributed by atoms with Crippen molar-refractivity contribution >= 4 is 0 Å². The highest BCUT2D eigenvalue weighted by Crippen LogP contribution is 2.20. The number of nitrogens with zero attached hydrogens (tertiary/aromatic N) is 1. The van der Waals surface area contributed by atoms with E-state index in [2.05, 4.69) is 25.8 Å². The first-order valence-electron chi connectivity index (χ1n) is 3.58. The van der Waals surface area contributed by atoms with Crippen molar-refractivity contribution in [2.45, 2.75) is 26.1 Å². The summed E-state index contributed by atoms with van der Waals surface area (Å²) in [6, 6.07) is 0. The Labute approximate surface area is 56.8 Å². The lowest BCUT2D eigenvalue weighted by Crippen LogP contribution is -2.23. The van der Waals surface area contributed by atoms with Crippen LogP contribution in [0.25, 0.3) is 0 Å².